The van der Waals surface area contributed by atoms with E-state index in [9.17, 15) is 9.59 Å². The maximum Gasteiger partial charge on any atom is 0.354 e. The monoisotopic (exact) mass is 195 g/mol. The van der Waals surface area contributed by atoms with Gasteiger partial charge in [0.1, 0.15) is 5.69 Å². The van der Waals surface area contributed by atoms with Crippen LogP contribution in [0.25, 0.3) is 0 Å². The van der Waals surface area contributed by atoms with E-state index in [1.165, 1.54) is 25.4 Å². The lowest BCUT2D eigenvalue weighted by molar-refractivity contribution is 0.0690. The van der Waals surface area contributed by atoms with Crippen molar-refractivity contribution in [2.24, 2.45) is 0 Å². The molecule has 1 aromatic rings. The Labute approximate surface area is 80.0 Å². The summed E-state index contributed by atoms with van der Waals surface area (Å²) in [6.45, 7) is 0. The summed E-state index contributed by atoms with van der Waals surface area (Å²) in [4.78, 5) is 24.9. The number of carbonyl (C=O) groups excluding carboxylic acids is 1. The minimum atomic E-state index is -1.10. The quantitative estimate of drug-likeness (QED) is 0.641. The number of carbonyl (C=O) groups is 2. The van der Waals surface area contributed by atoms with Crippen LogP contribution in [0.3, 0.4) is 0 Å². The highest BCUT2D eigenvalue weighted by Gasteiger charge is 2.04. The number of hydrogen-bond donors (Lipinski definition) is 3. The normalized spacial score (nSPS) is 9.21. The molecule has 0 radical (unpaired) electrons. The maximum absolute atomic E-state index is 10.8. The summed E-state index contributed by atoms with van der Waals surface area (Å²) in [5, 5.41) is 13.4. The molecular formula is C8H9N3O3. The van der Waals surface area contributed by atoms with Crippen molar-refractivity contribution in [3.8, 4) is 0 Å². The second-order valence-corrected chi connectivity index (χ2v) is 2.44. The molecule has 1 rings (SSSR count). The number of anilines is 1. The Morgan fingerprint density at radius 3 is 2.57 bits per heavy atom. The smallest absolute Gasteiger partial charge is 0.354 e. The second-order valence-electron chi connectivity index (χ2n) is 2.44. The van der Waals surface area contributed by atoms with Gasteiger partial charge in [-0.2, -0.15) is 0 Å². The number of pyridine rings is 1. The first-order chi connectivity index (χ1) is 6.63. The third-order valence-electron chi connectivity index (χ3n) is 1.47. The molecule has 0 saturated carbocycles. The van der Waals surface area contributed by atoms with Crippen LogP contribution in [0.4, 0.5) is 10.5 Å². The van der Waals surface area contributed by atoms with Crippen molar-refractivity contribution < 1.29 is 14.7 Å². The fourth-order valence-electron chi connectivity index (χ4n) is 0.788. The Kier molecular flexibility index (Phi) is 3.01. The van der Waals surface area contributed by atoms with Gasteiger partial charge < -0.3 is 15.7 Å². The topological polar surface area (TPSA) is 91.3 Å². The molecule has 1 aromatic heterocycles. The molecule has 1 heterocycles. The molecule has 0 spiro atoms. The molecule has 0 atom stereocenters. The maximum atomic E-state index is 10.8. The van der Waals surface area contributed by atoms with Crippen molar-refractivity contribution in [3.63, 3.8) is 0 Å². The van der Waals surface area contributed by atoms with Gasteiger partial charge in [0.2, 0.25) is 0 Å². The Morgan fingerprint density at radius 1 is 1.43 bits per heavy atom. The van der Waals surface area contributed by atoms with Gasteiger partial charge in [0, 0.05) is 7.05 Å². The molecule has 0 unspecified atom stereocenters. The van der Waals surface area contributed by atoms with Crippen LogP contribution in [-0.2, 0) is 0 Å². The predicted molar refractivity (Wildman–Crippen MR) is 49.3 cm³/mol. The van der Waals surface area contributed by atoms with E-state index in [4.69, 9.17) is 5.11 Å². The molecule has 3 N–H and O–H groups in total. The standard InChI is InChI=1S/C8H9N3O3/c1-9-8(14)11-5-2-3-6(7(12)13)10-4-5/h2-4H,1H3,(H,12,13)(H2,9,11,14). The average molecular weight is 195 g/mol. The summed E-state index contributed by atoms with van der Waals surface area (Å²) in [7, 11) is 1.48. The van der Waals surface area contributed by atoms with E-state index < -0.39 is 5.97 Å². The van der Waals surface area contributed by atoms with Crippen molar-refractivity contribution in [1.29, 1.82) is 0 Å². The zero-order valence-electron chi connectivity index (χ0n) is 7.44. The summed E-state index contributed by atoms with van der Waals surface area (Å²) in [5.74, 6) is -1.10. The highest BCUT2D eigenvalue weighted by molar-refractivity contribution is 5.90. The average Bonchev–Trinajstić information content (AvgIpc) is 2.18. The Hall–Kier alpha value is -2.11. The van der Waals surface area contributed by atoms with Crippen molar-refractivity contribution in [2.75, 3.05) is 12.4 Å². The molecule has 6 heteroatoms. The number of aromatic carboxylic acids is 1. The molecule has 14 heavy (non-hydrogen) atoms. The van der Waals surface area contributed by atoms with E-state index in [0.717, 1.165) is 0 Å². The molecule has 0 fully saturated rings. The number of amides is 2. The van der Waals surface area contributed by atoms with Crippen molar-refractivity contribution in [2.45, 2.75) is 0 Å². The molecule has 0 aromatic carbocycles. The molecule has 0 aliphatic carbocycles. The fourth-order valence-corrected chi connectivity index (χ4v) is 0.788. The number of rotatable bonds is 2. The van der Waals surface area contributed by atoms with Crippen LogP contribution in [-0.4, -0.2) is 29.1 Å². The van der Waals surface area contributed by atoms with Gasteiger partial charge in [-0.3, -0.25) is 0 Å². The summed E-state index contributed by atoms with van der Waals surface area (Å²) in [6.07, 6.45) is 1.28. The lowest BCUT2D eigenvalue weighted by Gasteiger charge is -2.03. The number of carboxylic acid groups (broad SMARTS) is 1. The second kappa shape index (κ2) is 4.22. The molecule has 2 amide bonds. The largest absolute Gasteiger partial charge is 0.477 e. The molecule has 6 nitrogen and oxygen atoms in total. The van der Waals surface area contributed by atoms with E-state index in [0.29, 0.717) is 5.69 Å². The highest BCUT2D eigenvalue weighted by Crippen LogP contribution is 2.05. The van der Waals surface area contributed by atoms with E-state index >= 15 is 0 Å². The van der Waals surface area contributed by atoms with Crippen LogP contribution in [0.2, 0.25) is 0 Å². The molecule has 74 valence electrons. The van der Waals surface area contributed by atoms with Crippen LogP contribution in [0, 0.1) is 0 Å². The van der Waals surface area contributed by atoms with Crippen LogP contribution >= 0.6 is 0 Å². The fraction of sp³-hybridized carbons (Fsp3) is 0.125. The van der Waals surface area contributed by atoms with E-state index in [-0.39, 0.29) is 11.7 Å². The van der Waals surface area contributed by atoms with Gasteiger partial charge in [-0.15, -0.1) is 0 Å². The predicted octanol–water partition coefficient (Wildman–Crippen LogP) is 0.531. The van der Waals surface area contributed by atoms with E-state index in [1.807, 2.05) is 0 Å². The number of nitrogens with one attached hydrogen (secondary N) is 2. The Morgan fingerprint density at radius 2 is 2.14 bits per heavy atom. The molecular weight excluding hydrogens is 186 g/mol. The first-order valence-electron chi connectivity index (χ1n) is 3.81. The number of hydrogen-bond acceptors (Lipinski definition) is 3. The summed E-state index contributed by atoms with van der Waals surface area (Å²) >= 11 is 0. The van der Waals surface area contributed by atoms with E-state index in [2.05, 4.69) is 15.6 Å². The van der Waals surface area contributed by atoms with Crippen molar-refractivity contribution in [1.82, 2.24) is 10.3 Å². The summed E-state index contributed by atoms with van der Waals surface area (Å²) in [5.41, 5.74) is 0.377. The third-order valence-corrected chi connectivity index (χ3v) is 1.47. The summed E-state index contributed by atoms with van der Waals surface area (Å²) < 4.78 is 0. The van der Waals surface area contributed by atoms with Crippen LogP contribution in [0.5, 0.6) is 0 Å². The van der Waals surface area contributed by atoms with Crippen molar-refractivity contribution in [3.05, 3.63) is 24.0 Å². The molecule has 0 aliphatic heterocycles. The molecule has 0 bridgehead atoms. The van der Waals surface area contributed by atoms with Gasteiger partial charge in [0.05, 0.1) is 11.9 Å². The molecule has 0 saturated heterocycles. The SMILES string of the molecule is CNC(=O)Nc1ccc(C(=O)O)nc1. The third kappa shape index (κ3) is 2.44. The van der Waals surface area contributed by atoms with Gasteiger partial charge in [-0.1, -0.05) is 0 Å². The van der Waals surface area contributed by atoms with Crippen LogP contribution in [0.1, 0.15) is 10.5 Å². The van der Waals surface area contributed by atoms with Crippen LogP contribution < -0.4 is 10.6 Å². The number of nitrogens with zero attached hydrogens (tertiary/aromatic N) is 1. The van der Waals surface area contributed by atoms with Crippen molar-refractivity contribution >= 4 is 17.7 Å². The minimum absolute atomic E-state index is 0.0625. The lowest BCUT2D eigenvalue weighted by Crippen LogP contribution is -2.24. The number of carboxylic acids is 1. The summed E-state index contributed by atoms with van der Waals surface area (Å²) in [6, 6.07) is 2.40. The van der Waals surface area contributed by atoms with Gasteiger partial charge >= 0.3 is 12.0 Å². The Balaban J connectivity index is 2.73. The van der Waals surface area contributed by atoms with Crippen LogP contribution in [0.15, 0.2) is 18.3 Å². The lowest BCUT2D eigenvalue weighted by atomic mass is 10.3. The van der Waals surface area contributed by atoms with Gasteiger partial charge in [-0.25, -0.2) is 14.6 Å². The number of urea groups is 1. The minimum Gasteiger partial charge on any atom is -0.477 e. The first-order valence-corrected chi connectivity index (χ1v) is 3.81. The van der Waals surface area contributed by atoms with Gasteiger partial charge in [0.25, 0.3) is 0 Å². The van der Waals surface area contributed by atoms with Gasteiger partial charge in [-0.05, 0) is 12.1 Å². The molecule has 0 aliphatic rings. The number of aromatic nitrogens is 1. The van der Waals surface area contributed by atoms with E-state index in [1.54, 1.807) is 0 Å². The Bertz CT molecular complexity index is 347. The van der Waals surface area contributed by atoms with Gasteiger partial charge in [0.15, 0.2) is 0 Å². The zero-order valence-corrected chi connectivity index (χ0v) is 7.44. The zero-order chi connectivity index (χ0) is 10.6. The highest BCUT2D eigenvalue weighted by atomic mass is 16.4. The first kappa shape index (κ1) is 9.97.